The molecule has 0 saturated heterocycles. The third-order valence-corrected chi connectivity index (χ3v) is 5.76. The molecule has 0 bridgehead atoms. The Morgan fingerprint density at radius 1 is 1.30 bits per heavy atom. The van der Waals surface area contributed by atoms with Crippen molar-refractivity contribution >= 4 is 15.7 Å². The third-order valence-electron chi connectivity index (χ3n) is 3.96. The minimum Gasteiger partial charge on any atom is -0.481 e. The number of nitrogens with zero attached hydrogens (tertiary/aromatic N) is 2. The van der Waals surface area contributed by atoms with Gasteiger partial charge in [0.25, 0.3) is 10.0 Å². The lowest BCUT2D eigenvalue weighted by atomic mass is 10.0. The highest BCUT2D eigenvalue weighted by atomic mass is 32.2. The van der Waals surface area contributed by atoms with Gasteiger partial charge < -0.3 is 10.5 Å². The lowest BCUT2D eigenvalue weighted by molar-refractivity contribution is 0.397. The molecular weight excluding hydrogens is 314 g/mol. The summed E-state index contributed by atoms with van der Waals surface area (Å²) in [5.74, 6) is 0.385. The van der Waals surface area contributed by atoms with Crippen molar-refractivity contribution in [3.8, 4) is 5.88 Å². The molecule has 1 aliphatic heterocycles. The average Bonchev–Trinajstić information content (AvgIpc) is 2.60. The predicted octanol–water partition coefficient (Wildman–Crippen LogP) is 1.69. The number of anilines is 1. The summed E-state index contributed by atoms with van der Waals surface area (Å²) in [6.45, 7) is 0.908. The molecule has 0 saturated carbocycles. The minimum atomic E-state index is -3.64. The van der Waals surface area contributed by atoms with Crippen LogP contribution in [0.2, 0.25) is 0 Å². The Hall–Kier alpha value is -2.12. The SMILES string of the molecule is COc1ccc(S(=O)(=O)N2CCCc3cc(CN)ccc32)cn1. The molecule has 1 aromatic heterocycles. The van der Waals surface area contributed by atoms with Gasteiger partial charge >= 0.3 is 0 Å². The Morgan fingerprint density at radius 2 is 2.13 bits per heavy atom. The molecule has 2 N–H and O–H groups in total. The number of sulfonamides is 1. The second-order valence-corrected chi connectivity index (χ2v) is 7.25. The Kier molecular flexibility index (Phi) is 4.23. The molecule has 2 aromatic rings. The van der Waals surface area contributed by atoms with Crippen LogP contribution in [0, 0.1) is 0 Å². The van der Waals surface area contributed by atoms with Crippen LogP contribution in [-0.2, 0) is 23.0 Å². The van der Waals surface area contributed by atoms with E-state index >= 15 is 0 Å². The average molecular weight is 333 g/mol. The first-order chi connectivity index (χ1) is 11.1. The second-order valence-electron chi connectivity index (χ2n) is 5.38. The van der Waals surface area contributed by atoms with E-state index in [2.05, 4.69) is 4.98 Å². The number of methoxy groups -OCH3 is 1. The monoisotopic (exact) mass is 333 g/mol. The number of hydrogen-bond acceptors (Lipinski definition) is 5. The number of ether oxygens (including phenoxy) is 1. The van der Waals surface area contributed by atoms with Gasteiger partial charge in [0, 0.05) is 19.2 Å². The van der Waals surface area contributed by atoms with E-state index in [4.69, 9.17) is 10.5 Å². The molecule has 23 heavy (non-hydrogen) atoms. The van der Waals surface area contributed by atoms with Gasteiger partial charge in [0.05, 0.1) is 19.0 Å². The number of benzene rings is 1. The van der Waals surface area contributed by atoms with Gasteiger partial charge in [-0.25, -0.2) is 13.4 Å². The van der Waals surface area contributed by atoms with Crippen molar-refractivity contribution < 1.29 is 13.2 Å². The highest BCUT2D eigenvalue weighted by Gasteiger charge is 2.29. The third kappa shape index (κ3) is 2.89. The summed E-state index contributed by atoms with van der Waals surface area (Å²) in [5.41, 5.74) is 8.42. The lowest BCUT2D eigenvalue weighted by Gasteiger charge is -2.30. The van der Waals surface area contributed by atoms with Gasteiger partial charge in [0.2, 0.25) is 5.88 Å². The fraction of sp³-hybridized carbons (Fsp3) is 0.312. The molecule has 1 aliphatic rings. The molecule has 0 fully saturated rings. The van der Waals surface area contributed by atoms with Crippen molar-refractivity contribution in [3.05, 3.63) is 47.7 Å². The zero-order chi connectivity index (χ0) is 16.4. The number of aromatic nitrogens is 1. The Labute approximate surface area is 136 Å². The summed E-state index contributed by atoms with van der Waals surface area (Å²) in [6.07, 6.45) is 2.97. The topological polar surface area (TPSA) is 85.5 Å². The zero-order valence-electron chi connectivity index (χ0n) is 12.9. The van der Waals surface area contributed by atoms with Crippen molar-refractivity contribution in [2.45, 2.75) is 24.3 Å². The molecule has 1 aromatic carbocycles. The van der Waals surface area contributed by atoms with Gasteiger partial charge in [-0.3, -0.25) is 4.31 Å². The Balaban J connectivity index is 2.01. The van der Waals surface area contributed by atoms with E-state index in [1.165, 1.54) is 23.7 Å². The molecule has 0 radical (unpaired) electrons. The maximum absolute atomic E-state index is 12.9. The van der Waals surface area contributed by atoms with Crippen LogP contribution in [0.3, 0.4) is 0 Å². The molecule has 0 amide bonds. The maximum atomic E-state index is 12.9. The molecule has 0 aliphatic carbocycles. The molecule has 122 valence electrons. The maximum Gasteiger partial charge on any atom is 0.265 e. The van der Waals surface area contributed by atoms with Crippen molar-refractivity contribution in [3.63, 3.8) is 0 Å². The highest BCUT2D eigenvalue weighted by Crippen LogP contribution is 2.32. The number of hydrogen-bond donors (Lipinski definition) is 1. The molecule has 2 heterocycles. The molecule has 7 heteroatoms. The van der Waals surface area contributed by atoms with Crippen molar-refractivity contribution in [2.75, 3.05) is 18.0 Å². The molecule has 0 atom stereocenters. The minimum absolute atomic E-state index is 0.161. The summed E-state index contributed by atoms with van der Waals surface area (Å²) in [7, 11) is -2.14. The van der Waals surface area contributed by atoms with E-state index in [-0.39, 0.29) is 4.90 Å². The van der Waals surface area contributed by atoms with Gasteiger partial charge in [0.1, 0.15) is 4.90 Å². The molecule has 0 unspecified atom stereocenters. The van der Waals surface area contributed by atoms with Crippen LogP contribution in [0.25, 0.3) is 0 Å². The standard InChI is InChI=1S/C16H19N3O3S/c1-22-16-7-5-14(11-18-16)23(20,21)19-8-2-3-13-9-12(10-17)4-6-15(13)19/h4-7,9,11H,2-3,8,10,17H2,1H3. The van der Waals surface area contributed by atoms with E-state index in [1.54, 1.807) is 6.07 Å². The molecule has 3 rings (SSSR count). The van der Waals surface area contributed by atoms with Crippen LogP contribution in [0.5, 0.6) is 5.88 Å². The van der Waals surface area contributed by atoms with E-state index in [9.17, 15) is 8.42 Å². The number of rotatable bonds is 4. The fourth-order valence-corrected chi connectivity index (χ4v) is 4.25. The number of fused-ring (bicyclic) bond motifs is 1. The molecular formula is C16H19N3O3S. The van der Waals surface area contributed by atoms with Crippen LogP contribution in [0.15, 0.2) is 41.4 Å². The van der Waals surface area contributed by atoms with Gasteiger partial charge in [-0.15, -0.1) is 0 Å². The smallest absolute Gasteiger partial charge is 0.265 e. The normalized spacial score (nSPS) is 14.4. The Morgan fingerprint density at radius 3 is 2.78 bits per heavy atom. The number of aryl methyl sites for hydroxylation is 1. The summed E-state index contributed by atoms with van der Waals surface area (Å²) in [4.78, 5) is 4.16. The predicted molar refractivity (Wildman–Crippen MR) is 88.0 cm³/mol. The van der Waals surface area contributed by atoms with Gasteiger partial charge in [-0.05, 0) is 36.1 Å². The van der Waals surface area contributed by atoms with Crippen LogP contribution in [0.4, 0.5) is 5.69 Å². The van der Waals surface area contributed by atoms with Crippen LogP contribution in [0.1, 0.15) is 17.5 Å². The van der Waals surface area contributed by atoms with Gasteiger partial charge in [0.15, 0.2) is 0 Å². The zero-order valence-corrected chi connectivity index (χ0v) is 13.7. The van der Waals surface area contributed by atoms with Crippen LogP contribution >= 0.6 is 0 Å². The Bertz CT molecular complexity index is 804. The fourth-order valence-electron chi connectivity index (χ4n) is 2.76. The summed E-state index contributed by atoms with van der Waals surface area (Å²) in [6, 6.07) is 8.77. The van der Waals surface area contributed by atoms with Crippen LogP contribution < -0.4 is 14.8 Å². The number of nitrogens with two attached hydrogens (primary N) is 1. The van der Waals surface area contributed by atoms with Crippen LogP contribution in [-0.4, -0.2) is 27.1 Å². The first-order valence-corrected chi connectivity index (χ1v) is 8.85. The molecule has 0 spiro atoms. The van der Waals surface area contributed by atoms with E-state index < -0.39 is 10.0 Å². The van der Waals surface area contributed by atoms with Crippen molar-refractivity contribution in [1.82, 2.24) is 4.98 Å². The quantitative estimate of drug-likeness (QED) is 0.920. The van der Waals surface area contributed by atoms with E-state index in [0.29, 0.717) is 19.0 Å². The van der Waals surface area contributed by atoms with Gasteiger partial charge in [-0.1, -0.05) is 12.1 Å². The summed E-state index contributed by atoms with van der Waals surface area (Å²) < 4.78 is 32.3. The van der Waals surface area contributed by atoms with E-state index in [1.807, 2.05) is 18.2 Å². The summed E-state index contributed by atoms with van der Waals surface area (Å²) >= 11 is 0. The number of pyridine rings is 1. The highest BCUT2D eigenvalue weighted by molar-refractivity contribution is 7.92. The second kappa shape index (κ2) is 6.17. The van der Waals surface area contributed by atoms with Gasteiger partial charge in [-0.2, -0.15) is 0 Å². The molecule has 6 nitrogen and oxygen atoms in total. The largest absolute Gasteiger partial charge is 0.481 e. The van der Waals surface area contributed by atoms with E-state index in [0.717, 1.165) is 29.7 Å². The van der Waals surface area contributed by atoms with Crippen molar-refractivity contribution in [1.29, 1.82) is 0 Å². The van der Waals surface area contributed by atoms with Crippen molar-refractivity contribution in [2.24, 2.45) is 5.73 Å². The first kappa shape index (κ1) is 15.8. The summed E-state index contributed by atoms with van der Waals surface area (Å²) in [5, 5.41) is 0. The lowest BCUT2D eigenvalue weighted by Crippen LogP contribution is -2.35. The first-order valence-electron chi connectivity index (χ1n) is 7.41.